The van der Waals surface area contributed by atoms with Crippen LogP contribution in [0.1, 0.15) is 11.1 Å². The molecule has 0 spiro atoms. The van der Waals surface area contributed by atoms with Gasteiger partial charge in [0.1, 0.15) is 11.6 Å². The molecule has 3 aromatic rings. The van der Waals surface area contributed by atoms with Crippen molar-refractivity contribution in [2.24, 2.45) is 0 Å². The molecule has 0 saturated heterocycles. The Morgan fingerprint density at radius 1 is 1.08 bits per heavy atom. The molecular weight excluding hydrogens is 365 g/mol. The van der Waals surface area contributed by atoms with Crippen LogP contribution in [0.3, 0.4) is 0 Å². The Hall–Kier alpha value is -2.61. The number of benzene rings is 2. The van der Waals surface area contributed by atoms with Crippen molar-refractivity contribution < 1.29 is 22.7 Å². The van der Waals surface area contributed by atoms with Crippen LogP contribution < -0.4 is 0 Å². The maximum atomic E-state index is 12.7. The summed E-state index contributed by atoms with van der Waals surface area (Å²) in [5.74, 6) is -0.547. The molecule has 2 aromatic carbocycles. The number of esters is 1. The van der Waals surface area contributed by atoms with E-state index in [1.807, 2.05) is 24.3 Å². The molecule has 3 rings (SSSR count). The summed E-state index contributed by atoms with van der Waals surface area (Å²) in [5.41, 5.74) is 0.981. The van der Waals surface area contributed by atoms with Crippen molar-refractivity contribution >= 4 is 28.8 Å². The molecule has 0 N–H and O–H groups in total. The summed E-state index contributed by atoms with van der Waals surface area (Å²) < 4.78 is 43.0. The standard InChI is InChI=1S/C18H13F3N2O2S/c19-18(20,21)13-5-3-4-12(8-13)10-25-17(24)11-26-16-9-22-14-6-1-2-7-15(14)23-16/h1-9H,10-11H2. The van der Waals surface area contributed by atoms with E-state index >= 15 is 0 Å². The van der Waals surface area contributed by atoms with Crippen LogP contribution in [-0.2, 0) is 22.3 Å². The smallest absolute Gasteiger partial charge is 0.416 e. The van der Waals surface area contributed by atoms with Crippen molar-refractivity contribution in [2.75, 3.05) is 5.75 Å². The molecule has 0 atom stereocenters. The van der Waals surface area contributed by atoms with Gasteiger partial charge in [0.2, 0.25) is 0 Å². The second-order valence-corrected chi connectivity index (χ2v) is 6.34. The van der Waals surface area contributed by atoms with E-state index in [-0.39, 0.29) is 17.9 Å². The second-order valence-electron chi connectivity index (χ2n) is 5.34. The van der Waals surface area contributed by atoms with Gasteiger partial charge in [-0.25, -0.2) is 4.98 Å². The van der Waals surface area contributed by atoms with E-state index in [0.717, 1.165) is 34.9 Å². The second kappa shape index (κ2) is 7.74. The number of ether oxygens (including phenoxy) is 1. The Morgan fingerprint density at radius 3 is 2.62 bits per heavy atom. The summed E-state index contributed by atoms with van der Waals surface area (Å²) in [6.45, 7) is -0.216. The molecule has 0 fully saturated rings. The fourth-order valence-corrected chi connectivity index (χ4v) is 2.82. The van der Waals surface area contributed by atoms with Gasteiger partial charge in [-0.3, -0.25) is 9.78 Å². The first-order valence-electron chi connectivity index (χ1n) is 7.58. The molecule has 4 nitrogen and oxygen atoms in total. The van der Waals surface area contributed by atoms with Gasteiger partial charge in [-0.2, -0.15) is 13.2 Å². The Kier molecular flexibility index (Phi) is 5.41. The number of fused-ring (bicyclic) bond motifs is 1. The lowest BCUT2D eigenvalue weighted by molar-refractivity contribution is -0.141. The summed E-state index contributed by atoms with van der Waals surface area (Å²) >= 11 is 1.16. The maximum absolute atomic E-state index is 12.7. The highest BCUT2D eigenvalue weighted by molar-refractivity contribution is 7.99. The molecule has 8 heteroatoms. The fourth-order valence-electron chi connectivity index (χ4n) is 2.19. The maximum Gasteiger partial charge on any atom is 0.416 e. The Labute approximate surface area is 151 Å². The van der Waals surface area contributed by atoms with Gasteiger partial charge in [0.25, 0.3) is 0 Å². The van der Waals surface area contributed by atoms with Gasteiger partial charge in [0, 0.05) is 0 Å². The normalized spacial score (nSPS) is 11.5. The quantitative estimate of drug-likeness (QED) is 0.484. The molecule has 26 heavy (non-hydrogen) atoms. The van der Waals surface area contributed by atoms with Crippen molar-refractivity contribution in [1.29, 1.82) is 0 Å². The monoisotopic (exact) mass is 378 g/mol. The number of aromatic nitrogens is 2. The van der Waals surface area contributed by atoms with Crippen LogP contribution in [0.4, 0.5) is 13.2 Å². The van der Waals surface area contributed by atoms with Gasteiger partial charge in [-0.05, 0) is 29.8 Å². The molecule has 0 unspecified atom stereocenters. The van der Waals surface area contributed by atoms with Gasteiger partial charge in [-0.15, -0.1) is 0 Å². The third-order valence-corrected chi connectivity index (χ3v) is 4.29. The molecule has 0 bridgehead atoms. The van der Waals surface area contributed by atoms with Gasteiger partial charge in [0.15, 0.2) is 0 Å². The largest absolute Gasteiger partial charge is 0.460 e. The average Bonchev–Trinajstić information content (AvgIpc) is 2.64. The highest BCUT2D eigenvalue weighted by Crippen LogP contribution is 2.29. The summed E-state index contributed by atoms with van der Waals surface area (Å²) in [4.78, 5) is 20.4. The number of para-hydroxylation sites is 2. The number of alkyl halides is 3. The zero-order chi connectivity index (χ0) is 18.6. The van der Waals surface area contributed by atoms with Gasteiger partial charge >= 0.3 is 12.1 Å². The first kappa shape index (κ1) is 18.2. The molecule has 0 aliphatic heterocycles. The van der Waals surface area contributed by atoms with Gasteiger partial charge in [0.05, 0.1) is 28.5 Å². The summed E-state index contributed by atoms with van der Waals surface area (Å²) in [5, 5.41) is 0.569. The number of carbonyl (C=O) groups excluding carboxylic acids is 1. The third kappa shape index (κ3) is 4.72. The van der Waals surface area contributed by atoms with E-state index in [0.29, 0.717) is 5.03 Å². The van der Waals surface area contributed by atoms with Gasteiger partial charge < -0.3 is 4.74 Å². The topological polar surface area (TPSA) is 52.1 Å². The Morgan fingerprint density at radius 2 is 1.85 bits per heavy atom. The lowest BCUT2D eigenvalue weighted by atomic mass is 10.1. The highest BCUT2D eigenvalue weighted by Gasteiger charge is 2.30. The van der Waals surface area contributed by atoms with Crippen molar-refractivity contribution in [3.8, 4) is 0 Å². The summed E-state index contributed by atoms with van der Waals surface area (Å²) in [6.07, 6.45) is -2.86. The predicted octanol–water partition coefficient (Wildman–Crippen LogP) is 4.48. The predicted molar refractivity (Wildman–Crippen MR) is 91.5 cm³/mol. The van der Waals surface area contributed by atoms with Crippen molar-refractivity contribution in [1.82, 2.24) is 9.97 Å². The number of halogens is 3. The van der Waals surface area contributed by atoms with Crippen LogP contribution in [0, 0.1) is 0 Å². The number of carbonyl (C=O) groups is 1. The number of nitrogens with zero attached hydrogens (tertiary/aromatic N) is 2. The SMILES string of the molecule is O=C(CSc1cnc2ccccc2n1)OCc1cccc(C(F)(F)F)c1. The minimum absolute atomic E-state index is 0.00795. The molecule has 0 saturated carbocycles. The van der Waals surface area contributed by atoms with Crippen LogP contribution in [0.2, 0.25) is 0 Å². The van der Waals surface area contributed by atoms with Gasteiger partial charge in [-0.1, -0.05) is 36.0 Å². The average molecular weight is 378 g/mol. The highest BCUT2D eigenvalue weighted by atomic mass is 32.2. The van der Waals surface area contributed by atoms with E-state index in [9.17, 15) is 18.0 Å². The van der Waals surface area contributed by atoms with Crippen LogP contribution in [0.15, 0.2) is 59.8 Å². The van der Waals surface area contributed by atoms with Crippen molar-refractivity contribution in [3.63, 3.8) is 0 Å². The molecule has 0 amide bonds. The Bertz CT molecular complexity index is 931. The number of rotatable bonds is 5. The van der Waals surface area contributed by atoms with Crippen LogP contribution in [-0.4, -0.2) is 21.7 Å². The molecule has 0 aliphatic rings. The first-order valence-corrected chi connectivity index (χ1v) is 8.57. The zero-order valence-corrected chi connectivity index (χ0v) is 14.2. The molecule has 0 radical (unpaired) electrons. The van der Waals surface area contributed by atoms with Crippen LogP contribution >= 0.6 is 11.8 Å². The van der Waals surface area contributed by atoms with E-state index < -0.39 is 17.7 Å². The lowest BCUT2D eigenvalue weighted by Crippen LogP contribution is -2.09. The number of thioether (sulfide) groups is 1. The third-order valence-electron chi connectivity index (χ3n) is 3.42. The molecule has 0 aliphatic carbocycles. The summed E-state index contributed by atoms with van der Waals surface area (Å²) in [6, 6.07) is 12.0. The minimum Gasteiger partial charge on any atom is -0.460 e. The molecule has 134 valence electrons. The summed E-state index contributed by atoms with van der Waals surface area (Å²) in [7, 11) is 0. The zero-order valence-electron chi connectivity index (χ0n) is 13.4. The molecule has 1 aromatic heterocycles. The number of hydrogen-bond donors (Lipinski definition) is 0. The minimum atomic E-state index is -4.43. The van der Waals surface area contributed by atoms with E-state index in [2.05, 4.69) is 9.97 Å². The van der Waals surface area contributed by atoms with Crippen molar-refractivity contribution in [2.45, 2.75) is 17.8 Å². The first-order chi connectivity index (χ1) is 12.4. The lowest BCUT2D eigenvalue weighted by Gasteiger charge is -2.09. The van der Waals surface area contributed by atoms with Crippen LogP contribution in [0.25, 0.3) is 11.0 Å². The van der Waals surface area contributed by atoms with Crippen molar-refractivity contribution in [3.05, 3.63) is 65.9 Å². The van der Waals surface area contributed by atoms with Crippen LogP contribution in [0.5, 0.6) is 0 Å². The van der Waals surface area contributed by atoms with E-state index in [1.165, 1.54) is 12.1 Å². The Balaban J connectivity index is 1.54. The molecule has 1 heterocycles. The molecular formula is C18H13F3N2O2S. The number of hydrogen-bond acceptors (Lipinski definition) is 5. The fraction of sp³-hybridized carbons (Fsp3) is 0.167. The van der Waals surface area contributed by atoms with E-state index in [4.69, 9.17) is 4.74 Å². The van der Waals surface area contributed by atoms with E-state index in [1.54, 1.807) is 6.20 Å².